The number of benzene rings is 1. The second-order valence-corrected chi connectivity index (χ2v) is 3.81. The Labute approximate surface area is 102 Å². The Kier molecular flexibility index (Phi) is 3.12. The van der Waals surface area contributed by atoms with Crippen LogP contribution in [-0.4, -0.2) is 26.0 Å². The van der Waals surface area contributed by atoms with Gasteiger partial charge in [-0.1, -0.05) is 17.7 Å². The number of hydrogen-bond donors (Lipinski definition) is 2. The Morgan fingerprint density at radius 2 is 2.24 bits per heavy atom. The van der Waals surface area contributed by atoms with Crippen molar-refractivity contribution >= 4 is 17.6 Å². The summed E-state index contributed by atoms with van der Waals surface area (Å²) in [5.41, 5.74) is 0.858. The quantitative estimate of drug-likeness (QED) is 0.871. The van der Waals surface area contributed by atoms with Crippen molar-refractivity contribution in [3.05, 3.63) is 47.2 Å². The van der Waals surface area contributed by atoms with Gasteiger partial charge in [-0.05, 0) is 23.8 Å². The zero-order valence-electron chi connectivity index (χ0n) is 8.62. The number of rotatable bonds is 3. The third kappa shape index (κ3) is 2.30. The van der Waals surface area contributed by atoms with Crippen LogP contribution < -0.4 is 0 Å². The van der Waals surface area contributed by atoms with Gasteiger partial charge in [0.2, 0.25) is 0 Å². The minimum atomic E-state index is -1.57. The van der Waals surface area contributed by atoms with Gasteiger partial charge in [0.1, 0.15) is 0 Å². The van der Waals surface area contributed by atoms with Crippen molar-refractivity contribution in [3.8, 4) is 5.69 Å². The highest BCUT2D eigenvalue weighted by Gasteiger charge is 2.17. The number of aliphatic carboxylic acids is 1. The fourth-order valence-corrected chi connectivity index (χ4v) is 1.71. The topological polar surface area (TPSA) is 75.3 Å². The summed E-state index contributed by atoms with van der Waals surface area (Å²) in [4.78, 5) is 10.6. The first-order chi connectivity index (χ1) is 8.09. The van der Waals surface area contributed by atoms with Gasteiger partial charge in [0.05, 0.1) is 10.7 Å². The van der Waals surface area contributed by atoms with E-state index >= 15 is 0 Å². The predicted octanol–water partition coefficient (Wildman–Crippen LogP) is 1.64. The van der Waals surface area contributed by atoms with E-state index in [1.165, 1.54) is 12.1 Å². The van der Waals surface area contributed by atoms with Gasteiger partial charge in [0.25, 0.3) is 0 Å². The molecule has 0 fully saturated rings. The molecular formula is C11H9ClN2O3. The Morgan fingerprint density at radius 3 is 2.76 bits per heavy atom. The predicted molar refractivity (Wildman–Crippen MR) is 61.2 cm³/mol. The van der Waals surface area contributed by atoms with Crippen LogP contribution in [0.5, 0.6) is 0 Å². The van der Waals surface area contributed by atoms with Gasteiger partial charge in [-0.3, -0.25) is 0 Å². The molecule has 0 bridgehead atoms. The number of carboxylic acids is 1. The highest BCUT2D eigenvalue weighted by Crippen LogP contribution is 2.24. The summed E-state index contributed by atoms with van der Waals surface area (Å²) in [6, 6.07) is 6.27. The summed E-state index contributed by atoms with van der Waals surface area (Å²) in [6.45, 7) is 0. The zero-order valence-corrected chi connectivity index (χ0v) is 9.37. The first-order valence-corrected chi connectivity index (χ1v) is 5.17. The third-order valence-corrected chi connectivity index (χ3v) is 2.58. The van der Waals surface area contributed by atoms with E-state index in [4.69, 9.17) is 16.7 Å². The highest BCUT2D eigenvalue weighted by atomic mass is 35.5. The van der Waals surface area contributed by atoms with E-state index < -0.39 is 12.1 Å². The van der Waals surface area contributed by atoms with E-state index in [2.05, 4.69) is 5.10 Å². The standard InChI is InChI=1S/C11H9ClN2O3/c12-8-6-7(10(15)11(16)17)2-3-9(8)14-5-1-4-13-14/h1-6,10,15H,(H,16,17). The molecule has 2 aromatic rings. The van der Waals surface area contributed by atoms with Crippen LogP contribution in [0.3, 0.4) is 0 Å². The Morgan fingerprint density at radius 1 is 1.47 bits per heavy atom. The van der Waals surface area contributed by atoms with E-state index in [9.17, 15) is 9.90 Å². The normalized spacial score (nSPS) is 12.4. The van der Waals surface area contributed by atoms with Gasteiger partial charge in [0.15, 0.2) is 6.10 Å². The van der Waals surface area contributed by atoms with Crippen LogP contribution in [0.2, 0.25) is 5.02 Å². The lowest BCUT2D eigenvalue weighted by atomic mass is 10.1. The largest absolute Gasteiger partial charge is 0.479 e. The summed E-state index contributed by atoms with van der Waals surface area (Å²) < 4.78 is 1.55. The van der Waals surface area contributed by atoms with Crippen molar-refractivity contribution in [3.63, 3.8) is 0 Å². The number of halogens is 1. The molecule has 0 aliphatic heterocycles. The summed E-state index contributed by atoms with van der Waals surface area (Å²) in [6.07, 6.45) is 1.75. The molecule has 1 aromatic heterocycles. The van der Waals surface area contributed by atoms with E-state index in [1.807, 2.05) is 0 Å². The van der Waals surface area contributed by atoms with Crippen LogP contribution in [0, 0.1) is 0 Å². The summed E-state index contributed by atoms with van der Waals surface area (Å²) in [7, 11) is 0. The fraction of sp³-hybridized carbons (Fsp3) is 0.0909. The number of carboxylic acid groups (broad SMARTS) is 1. The van der Waals surface area contributed by atoms with Crippen molar-refractivity contribution in [1.29, 1.82) is 0 Å². The molecule has 88 valence electrons. The Balaban J connectivity index is 2.39. The molecule has 0 radical (unpaired) electrons. The van der Waals surface area contributed by atoms with Gasteiger partial charge < -0.3 is 10.2 Å². The number of aromatic nitrogens is 2. The number of nitrogens with zero attached hydrogens (tertiary/aromatic N) is 2. The number of carbonyl (C=O) groups is 1. The second kappa shape index (κ2) is 4.57. The summed E-state index contributed by atoms with van der Waals surface area (Å²) in [5.74, 6) is -1.31. The van der Waals surface area contributed by atoms with Crippen LogP contribution in [0.25, 0.3) is 5.69 Å². The van der Waals surface area contributed by atoms with Crippen LogP contribution in [0.4, 0.5) is 0 Å². The van der Waals surface area contributed by atoms with Crippen molar-refractivity contribution in [2.75, 3.05) is 0 Å². The average Bonchev–Trinajstić information content (AvgIpc) is 2.81. The van der Waals surface area contributed by atoms with Crippen molar-refractivity contribution in [2.45, 2.75) is 6.10 Å². The molecular weight excluding hydrogens is 244 g/mol. The molecule has 6 heteroatoms. The van der Waals surface area contributed by atoms with Crippen molar-refractivity contribution in [1.82, 2.24) is 9.78 Å². The van der Waals surface area contributed by atoms with Crippen LogP contribution >= 0.6 is 11.6 Å². The lowest BCUT2D eigenvalue weighted by molar-refractivity contribution is -0.146. The molecule has 0 saturated heterocycles. The van der Waals surface area contributed by atoms with E-state index in [-0.39, 0.29) is 5.56 Å². The van der Waals surface area contributed by atoms with Gasteiger partial charge in [-0.25, -0.2) is 9.48 Å². The Hall–Kier alpha value is -1.85. The minimum absolute atomic E-state index is 0.235. The third-order valence-electron chi connectivity index (χ3n) is 2.27. The van der Waals surface area contributed by atoms with Crippen LogP contribution in [-0.2, 0) is 4.79 Å². The van der Waals surface area contributed by atoms with E-state index in [0.717, 1.165) is 0 Å². The molecule has 1 aromatic carbocycles. The molecule has 0 amide bonds. The number of aliphatic hydroxyl groups excluding tert-OH is 1. The lowest BCUT2D eigenvalue weighted by Crippen LogP contribution is -2.10. The molecule has 5 nitrogen and oxygen atoms in total. The monoisotopic (exact) mass is 252 g/mol. The van der Waals surface area contributed by atoms with Crippen molar-refractivity contribution in [2.24, 2.45) is 0 Å². The second-order valence-electron chi connectivity index (χ2n) is 3.40. The summed E-state index contributed by atoms with van der Waals surface area (Å²) >= 11 is 6.00. The molecule has 0 spiro atoms. The molecule has 0 aliphatic rings. The fourth-order valence-electron chi connectivity index (χ4n) is 1.43. The molecule has 1 heterocycles. The maximum Gasteiger partial charge on any atom is 0.337 e. The SMILES string of the molecule is O=C(O)C(O)c1ccc(-n2cccn2)c(Cl)c1. The number of aliphatic hydroxyl groups is 1. The van der Waals surface area contributed by atoms with Crippen LogP contribution in [0.15, 0.2) is 36.7 Å². The molecule has 1 atom stereocenters. The van der Waals surface area contributed by atoms with Gasteiger partial charge in [0, 0.05) is 12.4 Å². The average molecular weight is 253 g/mol. The Bertz CT molecular complexity index is 540. The molecule has 0 saturated carbocycles. The number of hydrogen-bond acceptors (Lipinski definition) is 3. The molecule has 2 rings (SSSR count). The highest BCUT2D eigenvalue weighted by molar-refractivity contribution is 6.32. The zero-order chi connectivity index (χ0) is 12.4. The van der Waals surface area contributed by atoms with Crippen LogP contribution in [0.1, 0.15) is 11.7 Å². The smallest absolute Gasteiger partial charge is 0.337 e. The molecule has 0 aliphatic carbocycles. The first kappa shape index (κ1) is 11.6. The lowest BCUT2D eigenvalue weighted by Gasteiger charge is -2.09. The first-order valence-electron chi connectivity index (χ1n) is 4.80. The molecule has 1 unspecified atom stereocenters. The van der Waals surface area contributed by atoms with E-state index in [0.29, 0.717) is 10.7 Å². The van der Waals surface area contributed by atoms with Gasteiger partial charge in [-0.2, -0.15) is 5.10 Å². The molecule has 17 heavy (non-hydrogen) atoms. The summed E-state index contributed by atoms with van der Waals surface area (Å²) in [5, 5.41) is 22.4. The van der Waals surface area contributed by atoms with E-state index in [1.54, 1.807) is 29.2 Å². The minimum Gasteiger partial charge on any atom is -0.479 e. The maximum atomic E-state index is 10.6. The van der Waals surface area contributed by atoms with Crippen molar-refractivity contribution < 1.29 is 15.0 Å². The van der Waals surface area contributed by atoms with Gasteiger partial charge in [-0.15, -0.1) is 0 Å². The molecule has 2 N–H and O–H groups in total. The maximum absolute atomic E-state index is 10.6. The van der Waals surface area contributed by atoms with Gasteiger partial charge >= 0.3 is 5.97 Å².